The lowest BCUT2D eigenvalue weighted by Gasteiger charge is -2.09. The standard InChI is InChI=1S/C23H20N6O3/c24-22(30)21-20(27-23(25)31)13-29(28-21)18-9-7-15(8-10-18)16-4-3-6-19(12-16)32-14-17-5-1-2-11-26-17/h1-13H,14H2,(H2,24,30)(H3,25,27,31). The molecule has 2 heterocycles. The van der Waals surface area contributed by atoms with Gasteiger partial charge in [0.05, 0.1) is 23.3 Å². The zero-order valence-electron chi connectivity index (χ0n) is 16.9. The SMILES string of the molecule is NC(=O)Nc1cn(-c2ccc(-c3cccc(OCc4ccccn4)c3)cc2)nc1C(N)=O. The molecule has 0 aliphatic rings. The smallest absolute Gasteiger partial charge is 0.316 e. The van der Waals surface area contributed by atoms with Crippen molar-refractivity contribution < 1.29 is 14.3 Å². The number of pyridine rings is 1. The maximum atomic E-state index is 11.6. The largest absolute Gasteiger partial charge is 0.487 e. The highest BCUT2D eigenvalue weighted by molar-refractivity contribution is 6.00. The first kappa shape index (κ1) is 20.6. The zero-order chi connectivity index (χ0) is 22.5. The van der Waals surface area contributed by atoms with Crippen LogP contribution < -0.4 is 21.5 Å². The molecule has 0 fully saturated rings. The maximum Gasteiger partial charge on any atom is 0.316 e. The van der Waals surface area contributed by atoms with Crippen molar-refractivity contribution in [1.29, 1.82) is 0 Å². The van der Waals surface area contributed by atoms with Crippen LogP contribution in [0.4, 0.5) is 10.5 Å². The average Bonchev–Trinajstić information content (AvgIpc) is 3.22. The molecule has 4 rings (SSSR count). The third-order valence-electron chi connectivity index (χ3n) is 4.62. The molecule has 4 aromatic rings. The molecule has 160 valence electrons. The summed E-state index contributed by atoms with van der Waals surface area (Å²) >= 11 is 0. The van der Waals surface area contributed by atoms with E-state index in [-0.39, 0.29) is 11.4 Å². The predicted molar refractivity (Wildman–Crippen MR) is 119 cm³/mol. The molecular formula is C23H20N6O3. The molecule has 0 aliphatic heterocycles. The quantitative estimate of drug-likeness (QED) is 0.415. The summed E-state index contributed by atoms with van der Waals surface area (Å²) in [6.07, 6.45) is 3.21. The molecule has 0 saturated carbocycles. The van der Waals surface area contributed by atoms with Gasteiger partial charge >= 0.3 is 6.03 Å². The minimum atomic E-state index is -0.812. The number of carbonyl (C=O) groups excluding carboxylic acids is 2. The Kier molecular flexibility index (Phi) is 5.80. The lowest BCUT2D eigenvalue weighted by Crippen LogP contribution is -2.22. The Bertz CT molecular complexity index is 1250. The number of aromatic nitrogens is 3. The van der Waals surface area contributed by atoms with Crippen molar-refractivity contribution in [3.63, 3.8) is 0 Å². The summed E-state index contributed by atoms with van der Waals surface area (Å²) in [4.78, 5) is 27.0. The maximum absolute atomic E-state index is 11.6. The third kappa shape index (κ3) is 4.73. The van der Waals surface area contributed by atoms with E-state index in [9.17, 15) is 9.59 Å². The Balaban J connectivity index is 1.53. The van der Waals surface area contributed by atoms with E-state index in [1.807, 2.05) is 66.7 Å². The molecule has 0 aliphatic carbocycles. The van der Waals surface area contributed by atoms with Crippen molar-refractivity contribution in [1.82, 2.24) is 14.8 Å². The van der Waals surface area contributed by atoms with E-state index in [2.05, 4.69) is 15.4 Å². The molecule has 32 heavy (non-hydrogen) atoms. The number of nitrogens with two attached hydrogens (primary N) is 2. The van der Waals surface area contributed by atoms with Gasteiger partial charge < -0.3 is 21.5 Å². The van der Waals surface area contributed by atoms with Crippen molar-refractivity contribution >= 4 is 17.6 Å². The molecule has 5 N–H and O–H groups in total. The molecule has 2 aromatic heterocycles. The number of benzene rings is 2. The second kappa shape index (κ2) is 9.00. The summed E-state index contributed by atoms with van der Waals surface area (Å²) in [5, 5.41) is 6.50. The van der Waals surface area contributed by atoms with Gasteiger partial charge in [-0.25, -0.2) is 9.48 Å². The van der Waals surface area contributed by atoms with E-state index >= 15 is 0 Å². The van der Waals surface area contributed by atoms with E-state index in [0.717, 1.165) is 22.6 Å². The van der Waals surface area contributed by atoms with Gasteiger partial charge in [-0.15, -0.1) is 0 Å². The second-order valence-corrected chi connectivity index (χ2v) is 6.87. The summed E-state index contributed by atoms with van der Waals surface area (Å²) in [5.41, 5.74) is 14.0. The highest BCUT2D eigenvalue weighted by Gasteiger charge is 2.16. The van der Waals surface area contributed by atoms with Crippen LogP contribution in [0.3, 0.4) is 0 Å². The van der Waals surface area contributed by atoms with Crippen LogP contribution in [0.15, 0.2) is 79.1 Å². The van der Waals surface area contributed by atoms with Gasteiger partial charge in [-0.1, -0.05) is 30.3 Å². The van der Waals surface area contributed by atoms with Gasteiger partial charge in [0.25, 0.3) is 5.91 Å². The molecular weight excluding hydrogens is 408 g/mol. The molecule has 9 nitrogen and oxygen atoms in total. The molecule has 3 amide bonds. The molecule has 9 heteroatoms. The Hall–Kier alpha value is -4.66. The van der Waals surface area contributed by atoms with Crippen LogP contribution in [-0.2, 0) is 6.61 Å². The van der Waals surface area contributed by atoms with Crippen LogP contribution in [-0.4, -0.2) is 26.7 Å². The van der Waals surface area contributed by atoms with Crippen molar-refractivity contribution in [3.8, 4) is 22.6 Å². The van der Waals surface area contributed by atoms with E-state index in [1.54, 1.807) is 6.20 Å². The number of nitrogens with one attached hydrogen (secondary N) is 1. The summed E-state index contributed by atoms with van der Waals surface area (Å²) in [7, 11) is 0. The van der Waals surface area contributed by atoms with Crippen LogP contribution in [0.5, 0.6) is 5.75 Å². The number of nitrogens with zero attached hydrogens (tertiary/aromatic N) is 3. The van der Waals surface area contributed by atoms with Gasteiger partial charge in [-0.05, 0) is 47.5 Å². The van der Waals surface area contributed by atoms with Crippen LogP contribution in [0.25, 0.3) is 16.8 Å². The molecule has 0 radical (unpaired) electrons. The lowest BCUT2D eigenvalue weighted by atomic mass is 10.1. The normalized spacial score (nSPS) is 10.5. The molecule has 0 spiro atoms. The van der Waals surface area contributed by atoms with Crippen molar-refractivity contribution in [2.45, 2.75) is 6.61 Å². The Morgan fingerprint density at radius 1 is 0.969 bits per heavy atom. The minimum Gasteiger partial charge on any atom is -0.487 e. The third-order valence-corrected chi connectivity index (χ3v) is 4.62. The van der Waals surface area contributed by atoms with E-state index in [4.69, 9.17) is 16.2 Å². The van der Waals surface area contributed by atoms with E-state index in [0.29, 0.717) is 12.3 Å². The number of carbonyl (C=O) groups is 2. The zero-order valence-corrected chi connectivity index (χ0v) is 16.9. The van der Waals surface area contributed by atoms with Gasteiger partial charge in [-0.2, -0.15) is 5.10 Å². The minimum absolute atomic E-state index is 0.0781. The number of urea groups is 1. The van der Waals surface area contributed by atoms with Crippen molar-refractivity contribution in [3.05, 3.63) is 90.5 Å². The summed E-state index contributed by atoms with van der Waals surface area (Å²) < 4.78 is 7.30. The van der Waals surface area contributed by atoms with E-state index in [1.165, 1.54) is 10.9 Å². The van der Waals surface area contributed by atoms with Gasteiger partial charge in [0.2, 0.25) is 0 Å². The number of primary amides is 2. The Morgan fingerprint density at radius 3 is 2.47 bits per heavy atom. The first-order chi connectivity index (χ1) is 15.5. The fourth-order valence-corrected chi connectivity index (χ4v) is 3.13. The lowest BCUT2D eigenvalue weighted by molar-refractivity contribution is 0.0996. The summed E-state index contributed by atoms with van der Waals surface area (Å²) in [6, 6.07) is 20.1. The van der Waals surface area contributed by atoms with Crippen molar-refractivity contribution in [2.24, 2.45) is 11.5 Å². The fraction of sp³-hybridized carbons (Fsp3) is 0.0435. The number of amides is 3. The summed E-state index contributed by atoms with van der Waals surface area (Å²) in [6.45, 7) is 0.381. The number of rotatable bonds is 7. The predicted octanol–water partition coefficient (Wildman–Crippen LogP) is 3.10. The highest BCUT2D eigenvalue weighted by Crippen LogP contribution is 2.26. The van der Waals surface area contributed by atoms with E-state index < -0.39 is 11.9 Å². The van der Waals surface area contributed by atoms with Crippen LogP contribution in [0.1, 0.15) is 16.2 Å². The molecule has 0 unspecified atom stereocenters. The topological polar surface area (TPSA) is 138 Å². The van der Waals surface area contributed by atoms with Crippen LogP contribution >= 0.6 is 0 Å². The molecule has 0 atom stereocenters. The molecule has 0 bridgehead atoms. The Morgan fingerprint density at radius 2 is 1.78 bits per heavy atom. The van der Waals surface area contributed by atoms with Gasteiger partial charge in [0, 0.05) is 6.20 Å². The summed E-state index contributed by atoms with van der Waals surface area (Å²) in [5.74, 6) is -0.0378. The fourth-order valence-electron chi connectivity index (χ4n) is 3.13. The first-order valence-corrected chi connectivity index (χ1v) is 9.69. The van der Waals surface area contributed by atoms with Crippen molar-refractivity contribution in [2.75, 3.05) is 5.32 Å². The van der Waals surface area contributed by atoms with Gasteiger partial charge in [-0.3, -0.25) is 9.78 Å². The monoisotopic (exact) mass is 428 g/mol. The number of hydrogen-bond donors (Lipinski definition) is 3. The highest BCUT2D eigenvalue weighted by atomic mass is 16.5. The molecule has 2 aromatic carbocycles. The number of anilines is 1. The Labute approximate surface area is 183 Å². The number of hydrogen-bond acceptors (Lipinski definition) is 5. The van der Waals surface area contributed by atoms with Gasteiger partial charge in [0.15, 0.2) is 5.69 Å². The van der Waals surface area contributed by atoms with Crippen LogP contribution in [0.2, 0.25) is 0 Å². The first-order valence-electron chi connectivity index (χ1n) is 9.69. The van der Waals surface area contributed by atoms with Gasteiger partial charge in [0.1, 0.15) is 12.4 Å². The average molecular weight is 428 g/mol. The second-order valence-electron chi connectivity index (χ2n) is 6.87. The van der Waals surface area contributed by atoms with Crippen LogP contribution in [0, 0.1) is 0 Å². The number of ether oxygens (including phenoxy) is 1. The molecule has 0 saturated heterocycles.